The maximum absolute atomic E-state index is 12.9. The Balaban J connectivity index is 0.988. The van der Waals surface area contributed by atoms with Gasteiger partial charge in [-0.25, -0.2) is 13.4 Å². The highest BCUT2D eigenvalue weighted by Gasteiger charge is 2.21. The lowest BCUT2D eigenvalue weighted by Crippen LogP contribution is -2.47. The number of nitrogens with one attached hydrogen (secondary N) is 2. The fourth-order valence-electron chi connectivity index (χ4n) is 5.78. The van der Waals surface area contributed by atoms with E-state index in [-0.39, 0.29) is 10.3 Å². The Kier molecular flexibility index (Phi) is 9.06. The molecule has 0 unspecified atom stereocenters. The molecule has 1 aliphatic heterocycles. The lowest BCUT2D eigenvalue weighted by molar-refractivity contribution is 0.200. The Hall–Kier alpha value is -4.34. The molecule has 0 amide bonds. The lowest BCUT2D eigenvalue weighted by Gasteiger charge is -2.36. The average Bonchev–Trinajstić information content (AvgIpc) is 3.50. The highest BCUT2D eigenvalue weighted by Crippen LogP contribution is 2.30. The highest BCUT2D eigenvalue weighted by atomic mass is 32.2. The van der Waals surface area contributed by atoms with Gasteiger partial charge >= 0.3 is 0 Å². The summed E-state index contributed by atoms with van der Waals surface area (Å²) in [5.74, 6) is 1.61. The SMILES string of the molecule is CCc1ccc(-c2nc3c(N4CCN(CCOc5ccc(NS(=O)(=O)c6ccc(C(C)(C)C)cc6)cc5)CC4)cccc3[nH]2)cc1. The number of anilines is 2. The topological polar surface area (TPSA) is 90.6 Å². The first-order valence-electron chi connectivity index (χ1n) is 16.0. The number of aromatic amines is 1. The summed E-state index contributed by atoms with van der Waals surface area (Å²) in [7, 11) is -3.68. The molecular weight excluding hydrogens is 595 g/mol. The molecule has 8 nitrogen and oxygen atoms in total. The van der Waals surface area contributed by atoms with E-state index in [0.29, 0.717) is 18.0 Å². The van der Waals surface area contributed by atoms with Crippen LogP contribution in [0.5, 0.6) is 5.75 Å². The van der Waals surface area contributed by atoms with E-state index in [4.69, 9.17) is 9.72 Å². The van der Waals surface area contributed by atoms with Crippen LogP contribution in [0.1, 0.15) is 38.8 Å². The normalized spacial score (nSPS) is 14.5. The third kappa shape index (κ3) is 7.21. The second kappa shape index (κ2) is 13.2. The first-order valence-corrected chi connectivity index (χ1v) is 17.5. The van der Waals surface area contributed by atoms with Gasteiger partial charge in [0, 0.05) is 44.0 Å². The van der Waals surface area contributed by atoms with Crippen molar-refractivity contribution < 1.29 is 13.2 Å². The first-order chi connectivity index (χ1) is 22.1. The Morgan fingerprint density at radius 2 is 1.57 bits per heavy atom. The molecule has 0 radical (unpaired) electrons. The number of fused-ring (bicyclic) bond motifs is 1. The van der Waals surface area contributed by atoms with Crippen molar-refractivity contribution in [3.8, 4) is 17.1 Å². The van der Waals surface area contributed by atoms with Gasteiger partial charge in [-0.1, -0.05) is 70.2 Å². The van der Waals surface area contributed by atoms with Gasteiger partial charge in [0.1, 0.15) is 23.7 Å². The van der Waals surface area contributed by atoms with E-state index >= 15 is 0 Å². The number of H-pyrrole nitrogens is 1. The van der Waals surface area contributed by atoms with Crippen molar-refractivity contribution in [1.82, 2.24) is 14.9 Å². The van der Waals surface area contributed by atoms with Gasteiger partial charge in [0.25, 0.3) is 10.0 Å². The number of sulfonamides is 1. The number of rotatable bonds is 10. The molecule has 0 saturated carbocycles. The maximum Gasteiger partial charge on any atom is 0.261 e. The number of nitrogens with zero attached hydrogens (tertiary/aromatic N) is 3. The van der Waals surface area contributed by atoms with Gasteiger partial charge in [0.05, 0.1) is 16.1 Å². The largest absolute Gasteiger partial charge is 0.492 e. The first kappa shape index (κ1) is 31.6. The smallest absolute Gasteiger partial charge is 0.261 e. The van der Waals surface area contributed by atoms with Gasteiger partial charge < -0.3 is 14.6 Å². The summed E-state index contributed by atoms with van der Waals surface area (Å²) >= 11 is 0. The molecule has 0 spiro atoms. The molecule has 1 fully saturated rings. The zero-order valence-electron chi connectivity index (χ0n) is 27.1. The Bertz CT molecular complexity index is 1870. The second-order valence-corrected chi connectivity index (χ2v) is 14.6. The minimum Gasteiger partial charge on any atom is -0.492 e. The minimum atomic E-state index is -3.68. The molecule has 1 saturated heterocycles. The number of aromatic nitrogens is 2. The number of hydrogen-bond acceptors (Lipinski definition) is 6. The zero-order valence-corrected chi connectivity index (χ0v) is 27.9. The van der Waals surface area contributed by atoms with Gasteiger partial charge in [0.2, 0.25) is 0 Å². The number of imidazole rings is 1. The molecular formula is C37H43N5O3S. The fourth-order valence-corrected chi connectivity index (χ4v) is 6.84. The Morgan fingerprint density at radius 1 is 0.870 bits per heavy atom. The van der Waals surface area contributed by atoms with E-state index in [0.717, 1.165) is 67.1 Å². The molecule has 240 valence electrons. The van der Waals surface area contributed by atoms with Crippen LogP contribution in [-0.2, 0) is 21.9 Å². The van der Waals surface area contributed by atoms with Crippen LogP contribution in [0.2, 0.25) is 0 Å². The molecule has 1 aromatic heterocycles. The summed E-state index contributed by atoms with van der Waals surface area (Å²) in [5, 5.41) is 0. The van der Waals surface area contributed by atoms with Crippen molar-refractivity contribution in [3.05, 3.63) is 102 Å². The summed E-state index contributed by atoms with van der Waals surface area (Å²) in [6.07, 6.45) is 1.02. The third-order valence-electron chi connectivity index (χ3n) is 8.65. The molecule has 2 heterocycles. The number of hydrogen-bond donors (Lipinski definition) is 2. The fraction of sp³-hybridized carbons (Fsp3) is 0.324. The molecule has 46 heavy (non-hydrogen) atoms. The Morgan fingerprint density at radius 3 is 2.22 bits per heavy atom. The molecule has 9 heteroatoms. The van der Waals surface area contributed by atoms with Crippen LogP contribution in [0.15, 0.2) is 95.9 Å². The van der Waals surface area contributed by atoms with Crippen LogP contribution >= 0.6 is 0 Å². The van der Waals surface area contributed by atoms with Crippen LogP contribution in [0.25, 0.3) is 22.4 Å². The Labute approximate surface area is 272 Å². The van der Waals surface area contributed by atoms with Crippen molar-refractivity contribution in [2.24, 2.45) is 0 Å². The van der Waals surface area contributed by atoms with Crippen molar-refractivity contribution in [3.63, 3.8) is 0 Å². The van der Waals surface area contributed by atoms with Crippen LogP contribution in [0.4, 0.5) is 11.4 Å². The number of benzene rings is 4. The standard InChI is InChI=1S/C37H43N5O3S/c1-5-27-9-11-28(12-10-27)36-38-33-7-6-8-34(35(33)39-36)42-23-21-41(22-24-42)25-26-45-31-17-15-30(16-18-31)40-46(43,44)32-19-13-29(14-20-32)37(2,3)4/h6-20,40H,5,21-26H2,1-4H3,(H,38,39). The molecule has 6 rings (SSSR count). The van der Waals surface area contributed by atoms with Crippen molar-refractivity contribution in [1.29, 1.82) is 0 Å². The molecule has 5 aromatic rings. The number of para-hydroxylation sites is 1. The summed E-state index contributed by atoms with van der Waals surface area (Å²) in [6.45, 7) is 13.6. The third-order valence-corrected chi connectivity index (χ3v) is 10.1. The van der Waals surface area contributed by atoms with Crippen LogP contribution < -0.4 is 14.4 Å². The maximum atomic E-state index is 12.9. The average molecular weight is 638 g/mol. The van der Waals surface area contributed by atoms with Gasteiger partial charge in [-0.05, 0) is 71.5 Å². The van der Waals surface area contributed by atoms with E-state index in [1.165, 1.54) is 11.3 Å². The lowest BCUT2D eigenvalue weighted by atomic mass is 9.87. The van der Waals surface area contributed by atoms with Crippen LogP contribution in [-0.4, -0.2) is 62.6 Å². The summed E-state index contributed by atoms with van der Waals surface area (Å²) < 4.78 is 34.5. The van der Waals surface area contributed by atoms with E-state index < -0.39 is 10.0 Å². The molecule has 4 aromatic carbocycles. The molecule has 2 N–H and O–H groups in total. The van der Waals surface area contributed by atoms with Crippen LogP contribution in [0.3, 0.4) is 0 Å². The molecule has 0 bridgehead atoms. The second-order valence-electron chi connectivity index (χ2n) is 12.9. The zero-order chi connectivity index (χ0) is 32.3. The highest BCUT2D eigenvalue weighted by molar-refractivity contribution is 7.92. The van der Waals surface area contributed by atoms with E-state index in [2.05, 4.69) is 89.7 Å². The van der Waals surface area contributed by atoms with E-state index in [1.807, 2.05) is 12.1 Å². The van der Waals surface area contributed by atoms with Crippen molar-refractivity contribution in [2.45, 2.75) is 44.4 Å². The number of ether oxygens (including phenoxy) is 1. The van der Waals surface area contributed by atoms with E-state index in [1.54, 1.807) is 36.4 Å². The molecule has 0 atom stereocenters. The molecule has 1 aliphatic rings. The van der Waals surface area contributed by atoms with E-state index in [9.17, 15) is 8.42 Å². The summed E-state index contributed by atoms with van der Waals surface area (Å²) in [4.78, 5) is 13.6. The number of aryl methyl sites for hydroxylation is 1. The summed E-state index contributed by atoms with van der Waals surface area (Å²) in [6, 6.07) is 29.1. The summed E-state index contributed by atoms with van der Waals surface area (Å²) in [5.41, 5.74) is 7.19. The number of piperazine rings is 1. The predicted octanol–water partition coefficient (Wildman–Crippen LogP) is 7.09. The molecule has 0 aliphatic carbocycles. The van der Waals surface area contributed by atoms with Gasteiger partial charge in [-0.3, -0.25) is 9.62 Å². The predicted molar refractivity (Wildman–Crippen MR) is 187 cm³/mol. The van der Waals surface area contributed by atoms with Gasteiger partial charge in [-0.15, -0.1) is 0 Å². The van der Waals surface area contributed by atoms with Gasteiger partial charge in [0.15, 0.2) is 0 Å². The quantitative estimate of drug-likeness (QED) is 0.170. The minimum absolute atomic E-state index is 0.0393. The monoisotopic (exact) mass is 637 g/mol. The van der Waals surface area contributed by atoms with Crippen molar-refractivity contribution >= 4 is 32.4 Å². The van der Waals surface area contributed by atoms with Gasteiger partial charge in [-0.2, -0.15) is 0 Å². The van der Waals surface area contributed by atoms with Crippen molar-refractivity contribution in [2.75, 3.05) is 49.0 Å². The van der Waals surface area contributed by atoms with Crippen LogP contribution in [0, 0.1) is 0 Å².